The first-order valence-electron chi connectivity index (χ1n) is 11.3. The van der Waals surface area contributed by atoms with Gasteiger partial charge in [0.15, 0.2) is 5.65 Å². The zero-order valence-corrected chi connectivity index (χ0v) is 18.0. The Labute approximate surface area is 186 Å². The Morgan fingerprint density at radius 1 is 1.09 bits per heavy atom. The number of carbonyl (C=O) groups is 2. The molecule has 0 radical (unpaired) electrons. The van der Waals surface area contributed by atoms with Gasteiger partial charge in [-0.05, 0) is 31.4 Å². The molecule has 32 heavy (non-hydrogen) atoms. The molecule has 166 valence electrons. The number of aromatic nitrogens is 4. The van der Waals surface area contributed by atoms with Gasteiger partial charge in [0.2, 0.25) is 11.8 Å². The lowest BCUT2D eigenvalue weighted by Gasteiger charge is -2.27. The Morgan fingerprint density at radius 2 is 1.91 bits per heavy atom. The van der Waals surface area contributed by atoms with Gasteiger partial charge in [-0.25, -0.2) is 14.6 Å². The molecule has 3 aromatic rings. The fraction of sp³-hybridized carbons (Fsp3) is 0.435. The van der Waals surface area contributed by atoms with Gasteiger partial charge in [-0.15, -0.1) is 0 Å². The number of piperidine rings is 1. The summed E-state index contributed by atoms with van der Waals surface area (Å²) in [4.78, 5) is 38.0. The van der Waals surface area contributed by atoms with Crippen molar-refractivity contribution in [1.82, 2.24) is 25.1 Å². The molecule has 0 spiro atoms. The lowest BCUT2D eigenvalue weighted by molar-refractivity contribution is -0.126. The summed E-state index contributed by atoms with van der Waals surface area (Å²) in [7, 11) is 0. The van der Waals surface area contributed by atoms with E-state index in [0.29, 0.717) is 19.6 Å². The summed E-state index contributed by atoms with van der Waals surface area (Å²) in [5.74, 6) is 0.480. The number of carbonyl (C=O) groups excluding carboxylic acids is 2. The topological polar surface area (TPSA) is 96.2 Å². The second kappa shape index (κ2) is 8.94. The summed E-state index contributed by atoms with van der Waals surface area (Å²) >= 11 is 0. The van der Waals surface area contributed by atoms with E-state index < -0.39 is 0 Å². The number of rotatable bonds is 6. The molecule has 2 fully saturated rings. The molecule has 9 nitrogen and oxygen atoms in total. The maximum atomic E-state index is 12.7. The van der Waals surface area contributed by atoms with Crippen LogP contribution in [0.5, 0.6) is 0 Å². The zero-order chi connectivity index (χ0) is 21.9. The van der Waals surface area contributed by atoms with Crippen LogP contribution in [0.2, 0.25) is 0 Å². The summed E-state index contributed by atoms with van der Waals surface area (Å²) in [5.41, 5.74) is 1.61. The van der Waals surface area contributed by atoms with Crippen LogP contribution >= 0.6 is 0 Å². The van der Waals surface area contributed by atoms with Crippen molar-refractivity contribution in [1.29, 1.82) is 0 Å². The van der Waals surface area contributed by atoms with Crippen molar-refractivity contribution in [2.45, 2.75) is 32.2 Å². The van der Waals surface area contributed by atoms with E-state index >= 15 is 0 Å². The highest BCUT2D eigenvalue weighted by molar-refractivity contribution is 6.00. The third-order valence-corrected chi connectivity index (χ3v) is 6.25. The van der Waals surface area contributed by atoms with Crippen molar-refractivity contribution in [2.75, 3.05) is 36.0 Å². The molecule has 2 aromatic heterocycles. The minimum absolute atomic E-state index is 0.0173. The molecule has 1 aromatic carbocycles. The number of nitrogens with one attached hydrogen (secondary N) is 1. The van der Waals surface area contributed by atoms with Gasteiger partial charge in [0.25, 0.3) is 0 Å². The van der Waals surface area contributed by atoms with Gasteiger partial charge in [-0.2, -0.15) is 5.10 Å². The van der Waals surface area contributed by atoms with Gasteiger partial charge < -0.3 is 15.1 Å². The van der Waals surface area contributed by atoms with Crippen molar-refractivity contribution >= 4 is 34.4 Å². The number of anilines is 2. The van der Waals surface area contributed by atoms with Crippen LogP contribution in [0.25, 0.3) is 11.0 Å². The van der Waals surface area contributed by atoms with E-state index in [1.165, 1.54) is 19.3 Å². The molecule has 0 bridgehead atoms. The molecule has 2 aliphatic heterocycles. The molecule has 5 rings (SSSR count). The second-order valence-electron chi connectivity index (χ2n) is 8.38. The van der Waals surface area contributed by atoms with Crippen LogP contribution in [0, 0.1) is 5.92 Å². The SMILES string of the molecule is O=C(NCCn1ncc2c(N3CCCCC3)ncnc21)[C@H]1CC(=O)N(c2ccccc2)C1. The van der Waals surface area contributed by atoms with Gasteiger partial charge >= 0.3 is 0 Å². The van der Waals surface area contributed by atoms with Crippen LogP contribution < -0.4 is 15.1 Å². The smallest absolute Gasteiger partial charge is 0.227 e. The van der Waals surface area contributed by atoms with Crippen molar-refractivity contribution in [3.63, 3.8) is 0 Å². The van der Waals surface area contributed by atoms with E-state index in [2.05, 4.69) is 25.3 Å². The number of nitrogens with zero attached hydrogens (tertiary/aromatic N) is 6. The van der Waals surface area contributed by atoms with Gasteiger partial charge in [0.05, 0.1) is 24.0 Å². The minimum atomic E-state index is -0.342. The van der Waals surface area contributed by atoms with Crippen LogP contribution in [0.1, 0.15) is 25.7 Å². The molecule has 1 N–H and O–H groups in total. The molecular formula is C23H27N7O2. The van der Waals surface area contributed by atoms with E-state index in [1.807, 2.05) is 36.5 Å². The summed E-state index contributed by atoms with van der Waals surface area (Å²) in [6, 6.07) is 9.48. The highest BCUT2D eigenvalue weighted by atomic mass is 16.2. The summed E-state index contributed by atoms with van der Waals surface area (Å²) in [6.07, 6.45) is 7.26. The number of para-hydroxylation sites is 1. The molecule has 4 heterocycles. The van der Waals surface area contributed by atoms with Crippen LogP contribution in [-0.2, 0) is 16.1 Å². The first-order valence-corrected chi connectivity index (χ1v) is 11.3. The molecule has 0 saturated carbocycles. The first kappa shape index (κ1) is 20.4. The highest BCUT2D eigenvalue weighted by Crippen LogP contribution is 2.26. The maximum Gasteiger partial charge on any atom is 0.227 e. The summed E-state index contributed by atoms with van der Waals surface area (Å²) < 4.78 is 1.81. The summed E-state index contributed by atoms with van der Waals surface area (Å²) in [6.45, 7) is 3.36. The Kier molecular flexibility index (Phi) is 5.70. The maximum absolute atomic E-state index is 12.7. The number of amides is 2. The molecule has 0 unspecified atom stereocenters. The molecule has 2 amide bonds. The van der Waals surface area contributed by atoms with Crippen LogP contribution in [-0.4, -0.2) is 57.7 Å². The van der Waals surface area contributed by atoms with Crippen molar-refractivity contribution in [3.8, 4) is 0 Å². The fourth-order valence-corrected chi connectivity index (χ4v) is 4.57. The van der Waals surface area contributed by atoms with Crippen LogP contribution in [0.4, 0.5) is 11.5 Å². The largest absolute Gasteiger partial charge is 0.356 e. The number of fused-ring (bicyclic) bond motifs is 1. The van der Waals surface area contributed by atoms with E-state index in [-0.39, 0.29) is 24.2 Å². The molecule has 0 aliphatic carbocycles. The third kappa shape index (κ3) is 4.02. The Balaban J connectivity index is 1.19. The number of hydrogen-bond donors (Lipinski definition) is 1. The summed E-state index contributed by atoms with van der Waals surface area (Å²) in [5, 5.41) is 8.39. The van der Waals surface area contributed by atoms with Crippen molar-refractivity contribution < 1.29 is 9.59 Å². The van der Waals surface area contributed by atoms with E-state index in [4.69, 9.17) is 0 Å². The zero-order valence-electron chi connectivity index (χ0n) is 18.0. The fourth-order valence-electron chi connectivity index (χ4n) is 4.57. The van der Waals surface area contributed by atoms with Gasteiger partial charge in [-0.1, -0.05) is 18.2 Å². The average Bonchev–Trinajstić information content (AvgIpc) is 3.44. The normalized spacial score (nSPS) is 19.0. The highest BCUT2D eigenvalue weighted by Gasteiger charge is 2.34. The Morgan fingerprint density at radius 3 is 2.72 bits per heavy atom. The standard InChI is InChI=1S/C23H27N7O2/c31-20-13-17(15-29(20)18-7-3-1-4-8-18)23(32)24-9-12-30-22-19(14-27-30)21(25-16-26-22)28-10-5-2-6-11-28/h1,3-4,7-8,14,16-17H,2,5-6,9-13,15H2,(H,24,32)/t17-/m0/s1. The van der Waals surface area contributed by atoms with Crippen molar-refractivity contribution in [2.24, 2.45) is 5.92 Å². The lowest BCUT2D eigenvalue weighted by Crippen LogP contribution is -2.35. The molecule has 9 heteroatoms. The Hall–Kier alpha value is -3.49. The van der Waals surface area contributed by atoms with Crippen molar-refractivity contribution in [3.05, 3.63) is 42.9 Å². The minimum Gasteiger partial charge on any atom is -0.356 e. The Bertz CT molecular complexity index is 1110. The van der Waals surface area contributed by atoms with Crippen LogP contribution in [0.15, 0.2) is 42.9 Å². The molecule has 1 atom stereocenters. The molecular weight excluding hydrogens is 406 g/mol. The quantitative estimate of drug-likeness (QED) is 0.639. The number of benzene rings is 1. The molecule has 2 aliphatic rings. The van der Waals surface area contributed by atoms with Gasteiger partial charge in [0.1, 0.15) is 12.1 Å². The molecule has 2 saturated heterocycles. The van der Waals surface area contributed by atoms with E-state index in [0.717, 1.165) is 35.6 Å². The number of hydrogen-bond acceptors (Lipinski definition) is 6. The third-order valence-electron chi connectivity index (χ3n) is 6.25. The second-order valence-corrected chi connectivity index (χ2v) is 8.38. The van der Waals surface area contributed by atoms with E-state index in [9.17, 15) is 9.59 Å². The van der Waals surface area contributed by atoms with Gasteiger partial charge in [0, 0.05) is 38.3 Å². The predicted molar refractivity (Wildman–Crippen MR) is 121 cm³/mol. The average molecular weight is 434 g/mol. The monoisotopic (exact) mass is 433 g/mol. The lowest BCUT2D eigenvalue weighted by atomic mass is 10.1. The van der Waals surface area contributed by atoms with Crippen LogP contribution in [0.3, 0.4) is 0 Å². The predicted octanol–water partition coefficient (Wildman–Crippen LogP) is 1.99. The van der Waals surface area contributed by atoms with E-state index in [1.54, 1.807) is 15.9 Å². The first-order chi connectivity index (χ1) is 15.7. The van der Waals surface area contributed by atoms with Gasteiger partial charge in [-0.3, -0.25) is 9.59 Å².